The van der Waals surface area contributed by atoms with Crippen molar-refractivity contribution >= 4 is 0 Å². The molecule has 0 unspecified atom stereocenters. The molecule has 3 rings (SSSR count). The van der Waals surface area contributed by atoms with Crippen LogP contribution in [0.1, 0.15) is 30.8 Å². The zero-order valence-electron chi connectivity index (χ0n) is 10.3. The van der Waals surface area contributed by atoms with Crippen LogP contribution >= 0.6 is 0 Å². The molecule has 2 aromatic rings. The smallest absolute Gasteiger partial charge is 0.334 e. The second kappa shape index (κ2) is 4.27. The van der Waals surface area contributed by atoms with Crippen molar-refractivity contribution in [2.24, 2.45) is 5.73 Å². The molecule has 1 aliphatic carbocycles. The van der Waals surface area contributed by atoms with Gasteiger partial charge in [-0.25, -0.2) is 0 Å². The van der Waals surface area contributed by atoms with Crippen LogP contribution in [0.25, 0.3) is 11.5 Å². The largest absolute Gasteiger partial charge is 0.433 e. The molecule has 0 aliphatic heterocycles. The van der Waals surface area contributed by atoms with Gasteiger partial charge < -0.3 is 10.3 Å². The number of pyridine rings is 1. The van der Waals surface area contributed by atoms with Gasteiger partial charge >= 0.3 is 6.18 Å². The van der Waals surface area contributed by atoms with E-state index in [1.807, 2.05) is 0 Å². The van der Waals surface area contributed by atoms with Crippen molar-refractivity contribution in [3.05, 3.63) is 29.8 Å². The first-order chi connectivity index (χ1) is 9.38. The number of hydrogen-bond donors (Lipinski definition) is 1. The summed E-state index contributed by atoms with van der Waals surface area (Å²) in [6.45, 7) is 0. The molecule has 5 nitrogen and oxygen atoms in total. The Labute approximate surface area is 112 Å². The molecular weight excluding hydrogens is 273 g/mol. The maximum atomic E-state index is 12.4. The molecule has 20 heavy (non-hydrogen) atoms. The number of nitrogens with zero attached hydrogens (tertiary/aromatic N) is 3. The van der Waals surface area contributed by atoms with E-state index in [0.717, 1.165) is 31.5 Å². The van der Waals surface area contributed by atoms with Crippen LogP contribution < -0.4 is 5.73 Å². The Kier molecular flexibility index (Phi) is 2.79. The first-order valence-corrected chi connectivity index (χ1v) is 6.05. The highest BCUT2D eigenvalue weighted by Gasteiger charge is 2.39. The lowest BCUT2D eigenvalue weighted by Crippen LogP contribution is -2.44. The Balaban J connectivity index is 1.86. The summed E-state index contributed by atoms with van der Waals surface area (Å²) in [5, 5.41) is 3.80. The molecule has 1 saturated carbocycles. The van der Waals surface area contributed by atoms with Crippen molar-refractivity contribution in [2.45, 2.75) is 31.0 Å². The van der Waals surface area contributed by atoms with Crippen LogP contribution in [0, 0.1) is 0 Å². The van der Waals surface area contributed by atoms with Crippen LogP contribution in [-0.2, 0) is 11.7 Å². The van der Waals surface area contributed by atoms with Crippen LogP contribution in [0.3, 0.4) is 0 Å². The fourth-order valence-corrected chi connectivity index (χ4v) is 2.01. The second-order valence-electron chi connectivity index (χ2n) is 4.86. The first-order valence-electron chi connectivity index (χ1n) is 6.05. The molecular formula is C12H11F3N4O. The fourth-order valence-electron chi connectivity index (χ4n) is 2.01. The molecule has 0 aromatic carbocycles. The highest BCUT2D eigenvalue weighted by atomic mass is 19.4. The molecule has 0 saturated heterocycles. The molecule has 106 valence electrons. The van der Waals surface area contributed by atoms with E-state index in [-0.39, 0.29) is 5.89 Å². The monoisotopic (exact) mass is 284 g/mol. The van der Waals surface area contributed by atoms with Gasteiger partial charge in [0.25, 0.3) is 5.89 Å². The summed E-state index contributed by atoms with van der Waals surface area (Å²) >= 11 is 0. The van der Waals surface area contributed by atoms with Crippen molar-refractivity contribution in [2.75, 3.05) is 0 Å². The van der Waals surface area contributed by atoms with Crippen LogP contribution in [0.5, 0.6) is 0 Å². The van der Waals surface area contributed by atoms with Gasteiger partial charge in [-0.1, -0.05) is 5.16 Å². The molecule has 2 N–H and O–H groups in total. The van der Waals surface area contributed by atoms with Crippen LogP contribution in [0.2, 0.25) is 0 Å². The number of alkyl halides is 3. The molecule has 1 fully saturated rings. The highest BCUT2D eigenvalue weighted by Crippen LogP contribution is 2.37. The van der Waals surface area contributed by atoms with Crippen molar-refractivity contribution in [1.29, 1.82) is 0 Å². The van der Waals surface area contributed by atoms with Crippen molar-refractivity contribution in [3.63, 3.8) is 0 Å². The summed E-state index contributed by atoms with van der Waals surface area (Å²) in [5.74, 6) is 0.511. The zero-order chi connectivity index (χ0) is 14.4. The second-order valence-corrected chi connectivity index (χ2v) is 4.86. The van der Waals surface area contributed by atoms with Gasteiger partial charge in [0, 0.05) is 6.20 Å². The number of rotatable bonds is 2. The van der Waals surface area contributed by atoms with Gasteiger partial charge in [-0.2, -0.15) is 18.2 Å². The van der Waals surface area contributed by atoms with Gasteiger partial charge in [-0.3, -0.25) is 4.98 Å². The molecule has 8 heteroatoms. The fraction of sp³-hybridized carbons (Fsp3) is 0.417. The molecule has 0 bridgehead atoms. The third kappa shape index (κ3) is 2.15. The molecule has 0 spiro atoms. The van der Waals surface area contributed by atoms with Gasteiger partial charge in [0.2, 0.25) is 0 Å². The van der Waals surface area contributed by atoms with Crippen molar-refractivity contribution in [3.8, 4) is 11.5 Å². The summed E-state index contributed by atoms with van der Waals surface area (Å²) < 4.78 is 42.3. The molecule has 1 aliphatic rings. The van der Waals surface area contributed by atoms with Crippen LogP contribution in [0.4, 0.5) is 13.2 Å². The van der Waals surface area contributed by atoms with E-state index in [1.165, 1.54) is 6.07 Å². The van der Waals surface area contributed by atoms with Gasteiger partial charge in [0.1, 0.15) is 5.69 Å². The van der Waals surface area contributed by atoms with E-state index in [2.05, 4.69) is 15.1 Å². The van der Waals surface area contributed by atoms with Crippen LogP contribution in [-0.4, -0.2) is 15.1 Å². The Morgan fingerprint density at radius 2 is 2.00 bits per heavy atom. The summed E-state index contributed by atoms with van der Waals surface area (Å²) in [4.78, 5) is 7.49. The standard InChI is InChI=1S/C12H11F3N4O/c13-12(14,15)8-3-2-7(6-17-8)9-18-10(19-20-9)11(16)4-1-5-11/h2-3,6H,1,4-5,16H2. The number of halogens is 3. The first kappa shape index (κ1) is 13.0. The van der Waals surface area contributed by atoms with Gasteiger partial charge in [0.15, 0.2) is 5.82 Å². The molecule has 0 atom stereocenters. The Bertz CT molecular complexity index is 616. The summed E-state index contributed by atoms with van der Waals surface area (Å²) in [5.41, 5.74) is 4.85. The maximum Gasteiger partial charge on any atom is 0.433 e. The highest BCUT2D eigenvalue weighted by molar-refractivity contribution is 5.51. The molecule has 0 radical (unpaired) electrons. The predicted octanol–water partition coefficient (Wildman–Crippen LogP) is 2.49. The average molecular weight is 284 g/mol. The third-order valence-corrected chi connectivity index (χ3v) is 3.42. The summed E-state index contributed by atoms with van der Waals surface area (Å²) in [7, 11) is 0. The van der Waals surface area contributed by atoms with E-state index in [4.69, 9.17) is 10.3 Å². The van der Waals surface area contributed by atoms with Gasteiger partial charge in [-0.15, -0.1) is 0 Å². The van der Waals surface area contributed by atoms with E-state index in [1.54, 1.807) is 0 Å². The SMILES string of the molecule is NC1(c2noc(-c3ccc(C(F)(F)F)nc3)n2)CCC1. The Hall–Kier alpha value is -1.96. The third-order valence-electron chi connectivity index (χ3n) is 3.42. The van der Waals surface area contributed by atoms with Gasteiger partial charge in [0.05, 0.1) is 11.1 Å². The molecule has 2 aromatic heterocycles. The molecule has 0 amide bonds. The van der Waals surface area contributed by atoms with E-state index in [9.17, 15) is 13.2 Å². The van der Waals surface area contributed by atoms with E-state index < -0.39 is 17.4 Å². The topological polar surface area (TPSA) is 77.8 Å². The Morgan fingerprint density at radius 3 is 2.50 bits per heavy atom. The lowest BCUT2D eigenvalue weighted by Gasteiger charge is -2.34. The lowest BCUT2D eigenvalue weighted by molar-refractivity contribution is -0.141. The van der Waals surface area contributed by atoms with Crippen molar-refractivity contribution in [1.82, 2.24) is 15.1 Å². The minimum Gasteiger partial charge on any atom is -0.334 e. The predicted molar refractivity (Wildman–Crippen MR) is 62.2 cm³/mol. The summed E-state index contributed by atoms with van der Waals surface area (Å²) in [6.07, 6.45) is -0.855. The number of nitrogens with two attached hydrogens (primary N) is 1. The number of aromatic nitrogens is 3. The zero-order valence-corrected chi connectivity index (χ0v) is 10.3. The summed E-state index contributed by atoms with van der Waals surface area (Å²) in [6, 6.07) is 2.12. The quantitative estimate of drug-likeness (QED) is 0.916. The van der Waals surface area contributed by atoms with Gasteiger partial charge in [-0.05, 0) is 31.4 Å². The number of hydrogen-bond acceptors (Lipinski definition) is 5. The van der Waals surface area contributed by atoms with E-state index in [0.29, 0.717) is 11.4 Å². The van der Waals surface area contributed by atoms with Crippen molar-refractivity contribution < 1.29 is 17.7 Å². The van der Waals surface area contributed by atoms with Crippen LogP contribution in [0.15, 0.2) is 22.9 Å². The average Bonchev–Trinajstić information content (AvgIpc) is 2.85. The minimum atomic E-state index is -4.47. The molecule has 2 heterocycles. The minimum absolute atomic E-state index is 0.123. The lowest BCUT2D eigenvalue weighted by atomic mass is 9.77. The maximum absolute atomic E-state index is 12.4. The van der Waals surface area contributed by atoms with E-state index >= 15 is 0 Å². The normalized spacial score (nSPS) is 17.8. The Morgan fingerprint density at radius 1 is 1.25 bits per heavy atom.